The van der Waals surface area contributed by atoms with E-state index in [1.807, 2.05) is 9.85 Å². The third-order valence-electron chi connectivity index (χ3n) is 4.00. The van der Waals surface area contributed by atoms with Crippen molar-refractivity contribution in [1.82, 2.24) is 0 Å². The smallest absolute Gasteiger partial charge is 0.00969 e. The van der Waals surface area contributed by atoms with Crippen LogP contribution in [0, 0.1) is 5.41 Å². The van der Waals surface area contributed by atoms with Gasteiger partial charge in [-0.25, -0.2) is 0 Å². The Kier molecular flexibility index (Phi) is 5.40. The number of allylic oxidation sites excluding steroid dienone is 4. The van der Waals surface area contributed by atoms with Crippen LogP contribution in [0.5, 0.6) is 0 Å². The van der Waals surface area contributed by atoms with Gasteiger partial charge in [-0.3, -0.25) is 0 Å². The number of rotatable bonds is 7. The summed E-state index contributed by atoms with van der Waals surface area (Å²) in [5.41, 5.74) is 5.85. The lowest BCUT2D eigenvalue weighted by molar-refractivity contribution is 0.371. The molecular weight excluding hydrogens is 208 g/mol. The second-order valence-corrected chi connectivity index (χ2v) is 5.66. The van der Waals surface area contributed by atoms with Gasteiger partial charge in [-0.2, -0.15) is 0 Å². The zero-order chi connectivity index (χ0) is 12.0. The van der Waals surface area contributed by atoms with Gasteiger partial charge < -0.3 is 0 Å². The Hall–Kier alpha value is -0.433. The van der Waals surface area contributed by atoms with E-state index in [0.29, 0.717) is 5.41 Å². The fourth-order valence-electron chi connectivity index (χ4n) is 2.65. The molecule has 0 bridgehead atoms. The number of unbranched alkanes of at least 4 members (excludes halogenated alkanes) is 2. The summed E-state index contributed by atoms with van der Waals surface area (Å²) in [5, 5.41) is 0. The zero-order valence-electron chi connectivity index (χ0n) is 11.2. The predicted octanol–water partition coefficient (Wildman–Crippen LogP) is 3.67. The first-order chi connectivity index (χ1) is 7.66. The Labute approximate surface area is 104 Å². The molecule has 0 amide bonds. The van der Waals surface area contributed by atoms with E-state index in [9.17, 15) is 0 Å². The molecule has 1 atom stereocenters. The van der Waals surface area contributed by atoms with Gasteiger partial charge in [-0.05, 0) is 49.4 Å². The van der Waals surface area contributed by atoms with Gasteiger partial charge >= 0.3 is 0 Å². The summed E-state index contributed by atoms with van der Waals surface area (Å²) in [6.45, 7) is 6.88. The molecule has 0 N–H and O–H groups in total. The summed E-state index contributed by atoms with van der Waals surface area (Å²) in [6.07, 6.45) is 12.8. The van der Waals surface area contributed by atoms with Gasteiger partial charge in [0.25, 0.3) is 0 Å². The first-order valence-corrected chi connectivity index (χ1v) is 7.46. The van der Waals surface area contributed by atoms with Crippen LogP contribution in [0.1, 0.15) is 59.3 Å². The van der Waals surface area contributed by atoms with Gasteiger partial charge in [0.05, 0.1) is 0 Å². The van der Waals surface area contributed by atoms with E-state index < -0.39 is 0 Å². The van der Waals surface area contributed by atoms with Crippen LogP contribution in [-0.4, -0.2) is 15.5 Å². The summed E-state index contributed by atoms with van der Waals surface area (Å²) in [4.78, 5) is 0. The second-order valence-electron chi connectivity index (χ2n) is 5.08. The standard InChI is InChI=1S/C15H26Si/c1-4-5-9-15(10-6-7-12-16)11-8-13(2)14(15)3/h8,11-12H,4-7,9-10,16H2,1-3H3. The van der Waals surface area contributed by atoms with Crippen molar-refractivity contribution in [3.8, 4) is 0 Å². The summed E-state index contributed by atoms with van der Waals surface area (Å²) in [7, 11) is 1.98. The Morgan fingerprint density at radius 2 is 1.94 bits per heavy atom. The summed E-state index contributed by atoms with van der Waals surface area (Å²) in [5.74, 6) is 0. The van der Waals surface area contributed by atoms with Crippen LogP contribution in [0.2, 0.25) is 0 Å². The summed E-state index contributed by atoms with van der Waals surface area (Å²) in [6, 6.07) is 0. The average molecular weight is 234 g/mol. The van der Waals surface area contributed by atoms with Crippen LogP contribution in [0.4, 0.5) is 0 Å². The van der Waals surface area contributed by atoms with Gasteiger partial charge in [0.2, 0.25) is 0 Å². The van der Waals surface area contributed by atoms with Crippen molar-refractivity contribution in [3.05, 3.63) is 23.3 Å². The monoisotopic (exact) mass is 234 g/mol. The molecule has 1 aliphatic carbocycles. The molecule has 90 valence electrons. The lowest BCUT2D eigenvalue weighted by atomic mass is 9.74. The minimum atomic E-state index is 0.409. The maximum atomic E-state index is 2.48. The van der Waals surface area contributed by atoms with Gasteiger partial charge in [0, 0.05) is 5.41 Å². The highest BCUT2D eigenvalue weighted by Crippen LogP contribution is 2.45. The minimum absolute atomic E-state index is 0.409. The molecule has 0 aromatic rings. The fourth-order valence-corrected chi connectivity index (χ4v) is 2.94. The predicted molar refractivity (Wildman–Crippen MR) is 77.9 cm³/mol. The fraction of sp³-hybridized carbons (Fsp3) is 0.667. The molecular formula is C15H26Si. The molecule has 0 radical (unpaired) electrons. The Balaban J connectivity index is 2.70. The van der Waals surface area contributed by atoms with Gasteiger partial charge in [-0.1, -0.05) is 43.1 Å². The SMILES string of the molecule is CCCCC1(CCCC=[SiH2])C=CC(C)=C1C. The van der Waals surface area contributed by atoms with Gasteiger partial charge in [0.15, 0.2) is 0 Å². The van der Waals surface area contributed by atoms with Crippen molar-refractivity contribution in [3.63, 3.8) is 0 Å². The molecule has 1 heteroatoms. The average Bonchev–Trinajstić information content (AvgIpc) is 2.56. The highest BCUT2D eigenvalue weighted by atomic mass is 28.1. The van der Waals surface area contributed by atoms with Crippen molar-refractivity contribution >= 4 is 15.5 Å². The third-order valence-corrected chi connectivity index (χ3v) is 4.41. The first kappa shape index (κ1) is 13.6. The van der Waals surface area contributed by atoms with Crippen molar-refractivity contribution in [2.75, 3.05) is 0 Å². The normalized spacial score (nSPS) is 24.2. The van der Waals surface area contributed by atoms with E-state index in [1.54, 1.807) is 5.57 Å². The molecule has 0 aromatic heterocycles. The van der Waals surface area contributed by atoms with Crippen LogP contribution in [0.25, 0.3) is 0 Å². The lowest BCUT2D eigenvalue weighted by Gasteiger charge is -2.30. The molecule has 0 aliphatic heterocycles. The van der Waals surface area contributed by atoms with E-state index in [4.69, 9.17) is 0 Å². The first-order valence-electron chi connectivity index (χ1n) is 6.64. The maximum Gasteiger partial charge on any atom is 0.00969 e. The molecule has 1 aliphatic rings. The molecule has 0 spiro atoms. The van der Waals surface area contributed by atoms with Crippen LogP contribution >= 0.6 is 0 Å². The van der Waals surface area contributed by atoms with Crippen LogP contribution < -0.4 is 0 Å². The largest absolute Gasteiger partial charge is 0.110 e. The molecule has 16 heavy (non-hydrogen) atoms. The van der Waals surface area contributed by atoms with Crippen LogP contribution in [0.15, 0.2) is 23.3 Å². The molecule has 0 nitrogen and oxygen atoms in total. The van der Waals surface area contributed by atoms with Crippen LogP contribution in [0.3, 0.4) is 0 Å². The summed E-state index contributed by atoms with van der Waals surface area (Å²) < 4.78 is 0. The van der Waals surface area contributed by atoms with Crippen molar-refractivity contribution in [2.45, 2.75) is 59.3 Å². The van der Waals surface area contributed by atoms with E-state index in [-0.39, 0.29) is 0 Å². The molecule has 1 unspecified atom stereocenters. The maximum absolute atomic E-state index is 2.48. The van der Waals surface area contributed by atoms with Gasteiger partial charge in [-0.15, -0.1) is 5.67 Å². The molecule has 0 saturated carbocycles. The molecule has 0 saturated heterocycles. The number of hydrogen-bond donors (Lipinski definition) is 0. The van der Waals surface area contributed by atoms with Gasteiger partial charge in [0.1, 0.15) is 0 Å². The van der Waals surface area contributed by atoms with Crippen molar-refractivity contribution in [1.29, 1.82) is 0 Å². The summed E-state index contributed by atoms with van der Waals surface area (Å²) >= 11 is 0. The lowest BCUT2D eigenvalue weighted by Crippen LogP contribution is -2.18. The topological polar surface area (TPSA) is 0 Å². The quantitative estimate of drug-likeness (QED) is 0.466. The van der Waals surface area contributed by atoms with E-state index in [2.05, 4.69) is 38.6 Å². The number of hydrogen-bond acceptors (Lipinski definition) is 0. The van der Waals surface area contributed by atoms with E-state index in [0.717, 1.165) is 0 Å². The Bertz CT molecular complexity index is 299. The highest BCUT2D eigenvalue weighted by Gasteiger charge is 2.31. The zero-order valence-corrected chi connectivity index (χ0v) is 12.6. The highest BCUT2D eigenvalue weighted by molar-refractivity contribution is 6.27. The minimum Gasteiger partial charge on any atom is -0.110 e. The van der Waals surface area contributed by atoms with Crippen molar-refractivity contribution < 1.29 is 0 Å². The van der Waals surface area contributed by atoms with Crippen LogP contribution in [-0.2, 0) is 0 Å². The Morgan fingerprint density at radius 1 is 1.25 bits per heavy atom. The Morgan fingerprint density at radius 3 is 2.44 bits per heavy atom. The molecule has 0 aromatic carbocycles. The molecule has 1 rings (SSSR count). The molecule has 0 heterocycles. The second kappa shape index (κ2) is 6.34. The van der Waals surface area contributed by atoms with E-state index >= 15 is 0 Å². The molecule has 0 fully saturated rings. The van der Waals surface area contributed by atoms with Crippen molar-refractivity contribution in [2.24, 2.45) is 5.41 Å². The third kappa shape index (κ3) is 3.04. The van der Waals surface area contributed by atoms with E-state index in [1.165, 1.54) is 44.1 Å².